The number of β-amino-alcohol motifs (C(OH)–C–C–N with tert-alkyl or cyclic N) is 1. The maximum Gasteiger partial charge on any atom is 0.0679 e. The average Bonchev–Trinajstić information content (AvgIpc) is 2.85. The topological polar surface area (TPSA) is 26.7 Å². The van der Waals surface area contributed by atoms with Gasteiger partial charge in [-0.15, -0.1) is 0 Å². The van der Waals surface area contributed by atoms with Crippen LogP contribution in [0.15, 0.2) is 0 Å². The zero-order valence-corrected chi connectivity index (χ0v) is 10.0. The summed E-state index contributed by atoms with van der Waals surface area (Å²) in [7, 11) is 0. The van der Waals surface area contributed by atoms with E-state index in [1.807, 2.05) is 0 Å². The van der Waals surface area contributed by atoms with Crippen LogP contribution < -0.4 is 0 Å². The molecule has 2 aliphatic rings. The molecule has 1 N–H and O–H groups in total. The Bertz CT molecular complexity index is 204. The number of aliphatic hydroxyl groups excluding tert-OH is 1. The summed E-state index contributed by atoms with van der Waals surface area (Å²) in [5, 5.41) is 9.54. The fourth-order valence-electron chi connectivity index (χ4n) is 2.90. The summed E-state index contributed by atoms with van der Waals surface area (Å²) in [6, 6.07) is 1.22. The molecular weight excluding hydrogens is 188 g/mol. The van der Waals surface area contributed by atoms with Gasteiger partial charge in [0.1, 0.15) is 0 Å². The van der Waals surface area contributed by atoms with Crippen molar-refractivity contribution in [1.82, 2.24) is 9.80 Å². The number of hydrogen-bond acceptors (Lipinski definition) is 3. The fourth-order valence-corrected chi connectivity index (χ4v) is 2.90. The zero-order chi connectivity index (χ0) is 10.8. The first-order valence-corrected chi connectivity index (χ1v) is 6.34. The predicted molar refractivity (Wildman–Crippen MR) is 61.9 cm³/mol. The molecule has 0 bridgehead atoms. The lowest BCUT2D eigenvalue weighted by Gasteiger charge is -2.35. The zero-order valence-electron chi connectivity index (χ0n) is 10.0. The van der Waals surface area contributed by atoms with E-state index >= 15 is 0 Å². The van der Waals surface area contributed by atoms with Gasteiger partial charge in [0, 0.05) is 25.2 Å². The first-order valence-electron chi connectivity index (χ1n) is 6.34. The van der Waals surface area contributed by atoms with Crippen molar-refractivity contribution in [1.29, 1.82) is 0 Å². The fraction of sp³-hybridized carbons (Fsp3) is 1.00. The molecule has 2 aliphatic heterocycles. The molecule has 3 atom stereocenters. The van der Waals surface area contributed by atoms with E-state index in [0.717, 1.165) is 19.5 Å². The van der Waals surface area contributed by atoms with Crippen LogP contribution in [0.3, 0.4) is 0 Å². The monoisotopic (exact) mass is 212 g/mol. The third-order valence-electron chi connectivity index (χ3n) is 4.19. The van der Waals surface area contributed by atoms with E-state index in [-0.39, 0.29) is 6.10 Å². The van der Waals surface area contributed by atoms with E-state index in [0.29, 0.717) is 12.1 Å². The van der Waals surface area contributed by atoms with Crippen LogP contribution in [0.1, 0.15) is 33.1 Å². The van der Waals surface area contributed by atoms with Gasteiger partial charge >= 0.3 is 0 Å². The second-order valence-corrected chi connectivity index (χ2v) is 5.16. The molecule has 2 heterocycles. The van der Waals surface area contributed by atoms with E-state index in [1.54, 1.807) is 0 Å². The molecule has 0 saturated carbocycles. The average molecular weight is 212 g/mol. The molecule has 0 aromatic rings. The van der Waals surface area contributed by atoms with E-state index in [1.165, 1.54) is 25.9 Å². The minimum absolute atomic E-state index is 0.0850. The summed E-state index contributed by atoms with van der Waals surface area (Å²) in [5.74, 6) is 0. The summed E-state index contributed by atoms with van der Waals surface area (Å²) in [6.07, 6.45) is 3.59. The highest BCUT2D eigenvalue weighted by Gasteiger charge is 2.30. The Hall–Kier alpha value is -0.120. The lowest BCUT2D eigenvalue weighted by atomic mass is 10.1. The first kappa shape index (κ1) is 11.4. The van der Waals surface area contributed by atoms with Crippen LogP contribution >= 0.6 is 0 Å². The molecule has 0 aromatic heterocycles. The van der Waals surface area contributed by atoms with Gasteiger partial charge < -0.3 is 5.11 Å². The molecule has 2 rings (SSSR count). The molecule has 2 fully saturated rings. The van der Waals surface area contributed by atoms with E-state index in [9.17, 15) is 5.11 Å². The number of hydrogen-bond donors (Lipinski definition) is 1. The molecule has 15 heavy (non-hydrogen) atoms. The van der Waals surface area contributed by atoms with Gasteiger partial charge in [-0.1, -0.05) is 0 Å². The SMILES string of the molecule is C[C@H]([C@H](C)N1CCCC1)N1CCC(O)C1. The van der Waals surface area contributed by atoms with E-state index in [2.05, 4.69) is 23.6 Å². The van der Waals surface area contributed by atoms with Crippen molar-refractivity contribution in [3.8, 4) is 0 Å². The van der Waals surface area contributed by atoms with Crippen molar-refractivity contribution in [3.63, 3.8) is 0 Å². The van der Waals surface area contributed by atoms with Gasteiger partial charge in [-0.25, -0.2) is 0 Å². The summed E-state index contributed by atoms with van der Waals surface area (Å²) >= 11 is 0. The number of nitrogens with zero attached hydrogens (tertiary/aromatic N) is 2. The summed E-state index contributed by atoms with van der Waals surface area (Å²) < 4.78 is 0. The highest BCUT2D eigenvalue weighted by molar-refractivity contribution is 4.87. The van der Waals surface area contributed by atoms with Crippen LogP contribution in [0.25, 0.3) is 0 Å². The second-order valence-electron chi connectivity index (χ2n) is 5.16. The molecule has 3 heteroatoms. The molecule has 0 amide bonds. The summed E-state index contributed by atoms with van der Waals surface area (Å²) in [6.45, 7) is 9.12. The van der Waals surface area contributed by atoms with Gasteiger partial charge in [-0.3, -0.25) is 9.80 Å². The lowest BCUT2D eigenvalue weighted by molar-refractivity contribution is 0.112. The lowest BCUT2D eigenvalue weighted by Crippen LogP contribution is -2.47. The Labute approximate surface area is 93.1 Å². The highest BCUT2D eigenvalue weighted by atomic mass is 16.3. The number of aliphatic hydroxyl groups is 1. The van der Waals surface area contributed by atoms with Crippen molar-refractivity contribution in [2.75, 3.05) is 26.2 Å². The van der Waals surface area contributed by atoms with Crippen molar-refractivity contribution in [3.05, 3.63) is 0 Å². The number of likely N-dealkylation sites (tertiary alicyclic amines) is 2. The van der Waals surface area contributed by atoms with Gasteiger partial charge in [0.2, 0.25) is 0 Å². The minimum Gasteiger partial charge on any atom is -0.392 e. The molecular formula is C12H24N2O. The highest BCUT2D eigenvalue weighted by Crippen LogP contribution is 2.20. The van der Waals surface area contributed by atoms with Gasteiger partial charge in [-0.05, 0) is 46.2 Å². The van der Waals surface area contributed by atoms with Gasteiger partial charge in [0.25, 0.3) is 0 Å². The van der Waals surface area contributed by atoms with Crippen LogP contribution in [0.4, 0.5) is 0 Å². The summed E-state index contributed by atoms with van der Waals surface area (Å²) in [4.78, 5) is 5.03. The van der Waals surface area contributed by atoms with Crippen LogP contribution in [0.2, 0.25) is 0 Å². The molecule has 3 nitrogen and oxygen atoms in total. The molecule has 1 unspecified atom stereocenters. The molecule has 0 aromatic carbocycles. The normalized spacial score (nSPS) is 33.4. The van der Waals surface area contributed by atoms with Crippen LogP contribution in [0.5, 0.6) is 0 Å². The largest absolute Gasteiger partial charge is 0.392 e. The second kappa shape index (κ2) is 4.81. The van der Waals surface area contributed by atoms with Crippen LogP contribution in [0, 0.1) is 0 Å². The quantitative estimate of drug-likeness (QED) is 0.754. The maximum absolute atomic E-state index is 9.54. The van der Waals surface area contributed by atoms with Crippen molar-refractivity contribution < 1.29 is 5.11 Å². The first-order chi connectivity index (χ1) is 7.18. The van der Waals surface area contributed by atoms with E-state index < -0.39 is 0 Å². The Morgan fingerprint density at radius 2 is 1.60 bits per heavy atom. The Morgan fingerprint density at radius 3 is 2.13 bits per heavy atom. The van der Waals surface area contributed by atoms with Crippen molar-refractivity contribution >= 4 is 0 Å². The number of rotatable bonds is 3. The standard InChI is InChI=1S/C12H24N2O/c1-10(13-6-3-4-7-13)11(2)14-8-5-12(15)9-14/h10-12,15H,3-9H2,1-2H3/t10-,11+,12?/m0/s1. The third-order valence-corrected chi connectivity index (χ3v) is 4.19. The summed E-state index contributed by atoms with van der Waals surface area (Å²) in [5.41, 5.74) is 0. The molecule has 2 saturated heterocycles. The van der Waals surface area contributed by atoms with Gasteiger partial charge in [0.05, 0.1) is 6.10 Å². The van der Waals surface area contributed by atoms with Crippen LogP contribution in [-0.4, -0.2) is 59.3 Å². The molecule has 0 spiro atoms. The molecule has 0 radical (unpaired) electrons. The Morgan fingerprint density at radius 1 is 1.00 bits per heavy atom. The molecule has 88 valence electrons. The van der Waals surface area contributed by atoms with Gasteiger partial charge in [-0.2, -0.15) is 0 Å². The van der Waals surface area contributed by atoms with Crippen LogP contribution in [-0.2, 0) is 0 Å². The smallest absolute Gasteiger partial charge is 0.0679 e. The van der Waals surface area contributed by atoms with E-state index in [4.69, 9.17) is 0 Å². The third kappa shape index (κ3) is 2.52. The molecule has 0 aliphatic carbocycles. The minimum atomic E-state index is -0.0850. The Kier molecular flexibility index (Phi) is 3.65. The van der Waals surface area contributed by atoms with Gasteiger partial charge in [0.15, 0.2) is 0 Å². The van der Waals surface area contributed by atoms with Crippen molar-refractivity contribution in [2.24, 2.45) is 0 Å². The van der Waals surface area contributed by atoms with Crippen molar-refractivity contribution in [2.45, 2.75) is 51.3 Å². The Balaban J connectivity index is 1.86. The predicted octanol–water partition coefficient (Wildman–Crippen LogP) is 0.926. The maximum atomic E-state index is 9.54.